The van der Waals surface area contributed by atoms with Crippen molar-refractivity contribution in [1.82, 2.24) is 10.3 Å². The lowest BCUT2D eigenvalue weighted by Crippen LogP contribution is -2.27. The van der Waals surface area contributed by atoms with Crippen LogP contribution in [0.3, 0.4) is 0 Å². The van der Waals surface area contributed by atoms with Crippen LogP contribution >= 0.6 is 15.9 Å². The molecule has 1 unspecified atom stereocenters. The summed E-state index contributed by atoms with van der Waals surface area (Å²) in [6.45, 7) is 1.68. The molecule has 0 saturated heterocycles. The largest absolute Gasteiger partial charge is 0.344 e. The number of aromatic nitrogens is 1. The zero-order chi connectivity index (χ0) is 14.7. The summed E-state index contributed by atoms with van der Waals surface area (Å²) < 4.78 is 26.5. The molecule has 0 aliphatic heterocycles. The van der Waals surface area contributed by atoms with Gasteiger partial charge in [0.2, 0.25) is 0 Å². The minimum atomic E-state index is -0.941. The van der Waals surface area contributed by atoms with Crippen LogP contribution in [0.25, 0.3) is 0 Å². The molecule has 0 aliphatic carbocycles. The van der Waals surface area contributed by atoms with E-state index in [0.29, 0.717) is 10.2 Å². The molecule has 0 bridgehead atoms. The van der Waals surface area contributed by atoms with Crippen LogP contribution in [0, 0.1) is 11.6 Å². The molecule has 3 nitrogen and oxygen atoms in total. The van der Waals surface area contributed by atoms with Gasteiger partial charge in [0.05, 0.1) is 6.04 Å². The van der Waals surface area contributed by atoms with Crippen molar-refractivity contribution in [2.24, 2.45) is 0 Å². The van der Waals surface area contributed by atoms with Crippen molar-refractivity contribution in [1.29, 1.82) is 0 Å². The second-order valence-corrected chi connectivity index (χ2v) is 5.03. The fourth-order valence-electron chi connectivity index (χ4n) is 1.67. The molecule has 1 N–H and O–H groups in total. The molecule has 2 aromatic rings. The molecule has 0 aliphatic rings. The number of nitrogens with zero attached hydrogens (tertiary/aromatic N) is 1. The summed E-state index contributed by atoms with van der Waals surface area (Å²) >= 11 is 3.18. The van der Waals surface area contributed by atoms with Crippen LogP contribution in [0.4, 0.5) is 8.78 Å². The Bertz CT molecular complexity index is 649. The molecule has 20 heavy (non-hydrogen) atoms. The average Bonchev–Trinajstić information content (AvgIpc) is 2.41. The van der Waals surface area contributed by atoms with Gasteiger partial charge in [0.15, 0.2) is 11.6 Å². The molecule has 0 spiro atoms. The van der Waals surface area contributed by atoms with Gasteiger partial charge in [-0.1, -0.05) is 12.1 Å². The number of carbonyl (C=O) groups is 1. The minimum absolute atomic E-state index is 0.244. The highest BCUT2D eigenvalue weighted by atomic mass is 79.9. The summed E-state index contributed by atoms with van der Waals surface area (Å²) in [4.78, 5) is 16.0. The molecule has 0 fully saturated rings. The summed E-state index contributed by atoms with van der Waals surface area (Å²) in [5.41, 5.74) is 0.723. The molecule has 1 aromatic carbocycles. The van der Waals surface area contributed by atoms with Gasteiger partial charge in [-0.05, 0) is 52.7 Å². The maximum absolute atomic E-state index is 13.1. The van der Waals surface area contributed by atoms with Gasteiger partial charge in [-0.25, -0.2) is 13.8 Å². The van der Waals surface area contributed by atoms with Crippen LogP contribution < -0.4 is 5.32 Å². The van der Waals surface area contributed by atoms with Crippen molar-refractivity contribution in [2.45, 2.75) is 13.0 Å². The first-order chi connectivity index (χ1) is 9.47. The molecule has 1 atom stereocenters. The lowest BCUT2D eigenvalue weighted by atomic mass is 10.1. The zero-order valence-corrected chi connectivity index (χ0v) is 12.1. The zero-order valence-electron chi connectivity index (χ0n) is 10.5. The van der Waals surface area contributed by atoms with E-state index >= 15 is 0 Å². The number of hydrogen-bond acceptors (Lipinski definition) is 2. The third kappa shape index (κ3) is 3.39. The van der Waals surface area contributed by atoms with Crippen LogP contribution in [0.1, 0.15) is 29.0 Å². The lowest BCUT2D eigenvalue weighted by molar-refractivity contribution is 0.0934. The summed E-state index contributed by atoms with van der Waals surface area (Å²) in [6.07, 6.45) is 0. The summed E-state index contributed by atoms with van der Waals surface area (Å²) in [5.74, 6) is -2.24. The topological polar surface area (TPSA) is 42.0 Å². The first-order valence-corrected chi connectivity index (χ1v) is 6.65. The van der Waals surface area contributed by atoms with E-state index in [-0.39, 0.29) is 11.6 Å². The van der Waals surface area contributed by atoms with Crippen molar-refractivity contribution in [3.05, 3.63) is 63.9 Å². The Morgan fingerprint density at radius 1 is 1.25 bits per heavy atom. The Kier molecular flexibility index (Phi) is 4.44. The van der Waals surface area contributed by atoms with Gasteiger partial charge in [-0.3, -0.25) is 4.79 Å². The Morgan fingerprint density at radius 2 is 2.00 bits per heavy atom. The van der Waals surface area contributed by atoms with Gasteiger partial charge < -0.3 is 5.32 Å². The molecule has 6 heteroatoms. The van der Waals surface area contributed by atoms with Crippen LogP contribution in [-0.4, -0.2) is 10.9 Å². The predicted octanol–water partition coefficient (Wildman–Crippen LogP) is 3.61. The van der Waals surface area contributed by atoms with Crippen molar-refractivity contribution >= 4 is 21.8 Å². The number of benzene rings is 1. The van der Waals surface area contributed by atoms with Gasteiger partial charge >= 0.3 is 0 Å². The maximum atomic E-state index is 13.1. The van der Waals surface area contributed by atoms with E-state index in [1.807, 2.05) is 0 Å². The highest BCUT2D eigenvalue weighted by molar-refractivity contribution is 9.10. The first kappa shape index (κ1) is 14.6. The molecule has 0 radical (unpaired) electrons. The molecule has 0 saturated carbocycles. The van der Waals surface area contributed by atoms with Gasteiger partial charge in [0.25, 0.3) is 5.91 Å². The van der Waals surface area contributed by atoms with Crippen LogP contribution in [-0.2, 0) is 0 Å². The average molecular weight is 341 g/mol. The Balaban J connectivity index is 2.13. The number of hydrogen-bond donors (Lipinski definition) is 1. The number of halogens is 3. The van der Waals surface area contributed by atoms with Crippen LogP contribution in [0.2, 0.25) is 0 Å². The fraction of sp³-hybridized carbons (Fsp3) is 0.143. The minimum Gasteiger partial charge on any atom is -0.344 e. The van der Waals surface area contributed by atoms with Crippen molar-refractivity contribution < 1.29 is 13.6 Å². The van der Waals surface area contributed by atoms with E-state index in [1.54, 1.807) is 25.1 Å². The van der Waals surface area contributed by atoms with Gasteiger partial charge in [-0.15, -0.1) is 0 Å². The second-order valence-electron chi connectivity index (χ2n) is 4.21. The third-order valence-corrected chi connectivity index (χ3v) is 3.18. The molecule has 2 rings (SSSR count). The maximum Gasteiger partial charge on any atom is 0.270 e. The lowest BCUT2D eigenvalue weighted by Gasteiger charge is -2.14. The van der Waals surface area contributed by atoms with E-state index in [2.05, 4.69) is 26.2 Å². The number of pyridine rings is 1. The van der Waals surface area contributed by atoms with E-state index in [1.165, 1.54) is 6.07 Å². The summed E-state index contributed by atoms with van der Waals surface area (Å²) in [5, 5.41) is 2.67. The molecular weight excluding hydrogens is 330 g/mol. The van der Waals surface area contributed by atoms with E-state index in [4.69, 9.17) is 0 Å². The molecular formula is C14H11BrF2N2O. The summed E-state index contributed by atoms with van der Waals surface area (Å²) in [6, 6.07) is 8.03. The SMILES string of the molecule is CC(NC(=O)c1cccc(Br)n1)c1ccc(F)c(F)c1. The Morgan fingerprint density at radius 3 is 2.65 bits per heavy atom. The second kappa shape index (κ2) is 6.09. The standard InChI is InChI=1S/C14H11BrF2N2O/c1-8(9-5-6-10(16)11(17)7-9)18-14(20)12-3-2-4-13(15)19-12/h2-8H,1H3,(H,18,20). The van der Waals surface area contributed by atoms with E-state index in [9.17, 15) is 13.6 Å². The van der Waals surface area contributed by atoms with Crippen LogP contribution in [0.15, 0.2) is 41.0 Å². The molecule has 1 heterocycles. The van der Waals surface area contributed by atoms with E-state index in [0.717, 1.165) is 12.1 Å². The highest BCUT2D eigenvalue weighted by Gasteiger charge is 2.14. The predicted molar refractivity (Wildman–Crippen MR) is 74.2 cm³/mol. The summed E-state index contributed by atoms with van der Waals surface area (Å²) in [7, 11) is 0. The number of rotatable bonds is 3. The highest BCUT2D eigenvalue weighted by Crippen LogP contribution is 2.16. The Hall–Kier alpha value is -1.82. The fourth-order valence-corrected chi connectivity index (χ4v) is 2.01. The normalized spacial score (nSPS) is 12.0. The quantitative estimate of drug-likeness (QED) is 0.867. The monoisotopic (exact) mass is 340 g/mol. The van der Waals surface area contributed by atoms with Gasteiger partial charge in [-0.2, -0.15) is 0 Å². The van der Waals surface area contributed by atoms with Crippen LogP contribution in [0.5, 0.6) is 0 Å². The van der Waals surface area contributed by atoms with Crippen molar-refractivity contribution in [3.63, 3.8) is 0 Å². The van der Waals surface area contributed by atoms with E-state index < -0.39 is 17.7 Å². The Labute approximate surface area is 123 Å². The van der Waals surface area contributed by atoms with Gasteiger partial charge in [0.1, 0.15) is 10.3 Å². The molecule has 104 valence electrons. The smallest absolute Gasteiger partial charge is 0.270 e. The number of nitrogens with one attached hydrogen (secondary N) is 1. The first-order valence-electron chi connectivity index (χ1n) is 5.86. The number of amides is 1. The number of carbonyl (C=O) groups excluding carboxylic acids is 1. The molecule has 1 aromatic heterocycles. The third-order valence-electron chi connectivity index (χ3n) is 2.74. The van der Waals surface area contributed by atoms with Gasteiger partial charge in [0, 0.05) is 0 Å². The van der Waals surface area contributed by atoms with Crippen molar-refractivity contribution in [3.8, 4) is 0 Å². The van der Waals surface area contributed by atoms with Crippen molar-refractivity contribution in [2.75, 3.05) is 0 Å². The molecule has 1 amide bonds.